The Morgan fingerprint density at radius 1 is 0.483 bits per heavy atom. The van der Waals surface area contributed by atoms with E-state index in [1.807, 2.05) is 85.8 Å². The summed E-state index contributed by atoms with van der Waals surface area (Å²) < 4.78 is 11.7. The van der Waals surface area contributed by atoms with E-state index in [0.717, 1.165) is 27.8 Å². The third-order valence-corrected chi connectivity index (χ3v) is 4.63. The molecule has 0 aliphatic carbocycles. The Morgan fingerprint density at radius 2 is 0.931 bits per heavy atom. The lowest BCUT2D eigenvalue weighted by atomic mass is 10.1. The van der Waals surface area contributed by atoms with Crippen molar-refractivity contribution in [2.24, 2.45) is 0 Å². The Labute approximate surface area is 166 Å². The molecule has 0 bridgehead atoms. The Bertz CT molecular complexity index is 1260. The molecule has 2 heterocycles. The summed E-state index contributed by atoms with van der Waals surface area (Å²) in [5.41, 5.74) is 4.55. The molecule has 140 valence electrons. The molecule has 0 fully saturated rings. The zero-order valence-corrected chi connectivity index (χ0v) is 15.6. The molecule has 0 atom stereocenters. The van der Waals surface area contributed by atoms with Gasteiger partial charge in [-0.3, -0.25) is 0 Å². The average molecular weight is 380 g/mol. The van der Waals surface area contributed by atoms with E-state index >= 15 is 0 Å². The van der Waals surface area contributed by atoms with Crippen LogP contribution < -0.4 is 0 Å². The molecule has 0 radical (unpaired) electrons. The maximum atomic E-state index is 5.87. The number of aromatic nitrogens is 4. The van der Waals surface area contributed by atoms with Gasteiger partial charge in [-0.2, -0.15) is 0 Å². The highest BCUT2D eigenvalue weighted by Gasteiger charge is 2.14. The first-order valence-corrected chi connectivity index (χ1v) is 9.17. The van der Waals surface area contributed by atoms with Crippen molar-refractivity contribution in [2.75, 3.05) is 0 Å². The molecule has 0 saturated heterocycles. The van der Waals surface area contributed by atoms with E-state index in [-0.39, 0.29) is 0 Å². The smallest absolute Gasteiger partial charge is 0.248 e. The van der Waals surface area contributed by atoms with Gasteiger partial charge in [-0.05, 0) is 55.0 Å². The monoisotopic (exact) mass is 380 g/mol. The summed E-state index contributed by atoms with van der Waals surface area (Å²) in [6.45, 7) is 2.02. The van der Waals surface area contributed by atoms with Crippen molar-refractivity contribution in [3.8, 4) is 45.8 Å². The summed E-state index contributed by atoms with van der Waals surface area (Å²) >= 11 is 0. The van der Waals surface area contributed by atoms with Crippen molar-refractivity contribution in [3.05, 3.63) is 84.4 Å². The molecule has 3 aromatic carbocycles. The Balaban J connectivity index is 1.40. The van der Waals surface area contributed by atoms with E-state index in [9.17, 15) is 0 Å². The van der Waals surface area contributed by atoms with Gasteiger partial charge in [-0.1, -0.05) is 36.4 Å². The molecule has 0 amide bonds. The van der Waals surface area contributed by atoms with Crippen LogP contribution in [0.5, 0.6) is 0 Å². The second-order valence-electron chi connectivity index (χ2n) is 6.58. The number of hydrogen-bond donors (Lipinski definition) is 0. The predicted molar refractivity (Wildman–Crippen MR) is 109 cm³/mol. The zero-order chi connectivity index (χ0) is 19.6. The lowest BCUT2D eigenvalue weighted by molar-refractivity contribution is 0.582. The largest absolute Gasteiger partial charge is 0.416 e. The predicted octanol–water partition coefficient (Wildman–Crippen LogP) is 5.43. The van der Waals surface area contributed by atoms with Gasteiger partial charge in [0, 0.05) is 22.3 Å². The fraction of sp³-hybridized carbons (Fsp3) is 0.0435. The topological polar surface area (TPSA) is 77.8 Å². The lowest BCUT2D eigenvalue weighted by Gasteiger charge is -1.99. The highest BCUT2D eigenvalue weighted by Crippen LogP contribution is 2.28. The second-order valence-corrected chi connectivity index (χ2v) is 6.58. The van der Waals surface area contributed by atoms with Crippen LogP contribution in [0.2, 0.25) is 0 Å². The van der Waals surface area contributed by atoms with Crippen LogP contribution in [0.4, 0.5) is 0 Å². The van der Waals surface area contributed by atoms with Gasteiger partial charge in [0.25, 0.3) is 0 Å². The van der Waals surface area contributed by atoms with Gasteiger partial charge in [0.2, 0.25) is 23.6 Å². The van der Waals surface area contributed by atoms with Gasteiger partial charge in [0.1, 0.15) is 0 Å². The minimum Gasteiger partial charge on any atom is -0.416 e. The average Bonchev–Trinajstić information content (AvgIpc) is 3.45. The number of hydrogen-bond acceptors (Lipinski definition) is 6. The van der Waals surface area contributed by atoms with Gasteiger partial charge >= 0.3 is 0 Å². The molecule has 0 unspecified atom stereocenters. The van der Waals surface area contributed by atoms with Crippen LogP contribution in [0.3, 0.4) is 0 Å². The summed E-state index contributed by atoms with van der Waals surface area (Å²) in [5, 5.41) is 16.6. The molecule has 6 heteroatoms. The minimum atomic E-state index is 0.460. The molecule has 0 saturated carbocycles. The van der Waals surface area contributed by atoms with E-state index in [0.29, 0.717) is 23.6 Å². The summed E-state index contributed by atoms with van der Waals surface area (Å²) in [4.78, 5) is 0. The van der Waals surface area contributed by atoms with Crippen molar-refractivity contribution in [1.82, 2.24) is 20.4 Å². The molecule has 6 nitrogen and oxygen atoms in total. The van der Waals surface area contributed by atoms with Crippen molar-refractivity contribution in [3.63, 3.8) is 0 Å². The molecule has 0 N–H and O–H groups in total. The van der Waals surface area contributed by atoms with Crippen LogP contribution in [-0.2, 0) is 0 Å². The van der Waals surface area contributed by atoms with Crippen LogP contribution in [-0.4, -0.2) is 20.4 Å². The summed E-state index contributed by atoms with van der Waals surface area (Å²) in [6.07, 6.45) is 0. The quantitative estimate of drug-likeness (QED) is 0.414. The normalized spacial score (nSPS) is 10.9. The zero-order valence-electron chi connectivity index (χ0n) is 15.6. The van der Waals surface area contributed by atoms with Crippen LogP contribution in [0, 0.1) is 6.92 Å². The van der Waals surface area contributed by atoms with Crippen molar-refractivity contribution < 1.29 is 8.83 Å². The molecule has 5 aromatic rings. The fourth-order valence-corrected chi connectivity index (χ4v) is 3.05. The number of nitrogens with zero attached hydrogens (tertiary/aromatic N) is 4. The third-order valence-electron chi connectivity index (χ3n) is 4.63. The van der Waals surface area contributed by atoms with Gasteiger partial charge in [0.05, 0.1) is 0 Å². The molecular weight excluding hydrogens is 364 g/mol. The van der Waals surface area contributed by atoms with Crippen molar-refractivity contribution in [2.45, 2.75) is 6.92 Å². The van der Waals surface area contributed by atoms with Gasteiger partial charge < -0.3 is 8.83 Å². The highest BCUT2D eigenvalue weighted by atomic mass is 16.4. The van der Waals surface area contributed by atoms with E-state index in [2.05, 4.69) is 20.4 Å². The Kier molecular flexibility index (Phi) is 4.22. The Hall–Kier alpha value is -4.06. The van der Waals surface area contributed by atoms with E-state index in [1.165, 1.54) is 0 Å². The van der Waals surface area contributed by atoms with Crippen LogP contribution in [0.25, 0.3) is 45.8 Å². The van der Waals surface area contributed by atoms with E-state index < -0.39 is 0 Å². The summed E-state index contributed by atoms with van der Waals surface area (Å²) in [5.74, 6) is 1.92. The van der Waals surface area contributed by atoms with Gasteiger partial charge in [-0.25, -0.2) is 0 Å². The van der Waals surface area contributed by atoms with Crippen LogP contribution >= 0.6 is 0 Å². The number of rotatable bonds is 4. The van der Waals surface area contributed by atoms with E-state index in [4.69, 9.17) is 8.83 Å². The molecular formula is C23H16N4O2. The molecule has 5 rings (SSSR count). The molecule has 0 spiro atoms. The second kappa shape index (κ2) is 7.16. The minimum absolute atomic E-state index is 0.460. The van der Waals surface area contributed by atoms with Crippen molar-refractivity contribution in [1.29, 1.82) is 0 Å². The SMILES string of the molecule is Cc1ccccc1-c1nnc(-c2ccc(-c3nnc(-c4ccccc4)o3)cc2)o1. The van der Waals surface area contributed by atoms with Gasteiger partial charge in [0.15, 0.2) is 0 Å². The molecule has 0 aliphatic heterocycles. The standard InChI is InChI=1S/C23H16N4O2/c1-15-7-5-6-10-19(15)23-27-26-22(29-23)18-13-11-17(12-14-18)21-25-24-20(28-21)16-8-3-2-4-9-16/h2-14H,1H3. The molecule has 29 heavy (non-hydrogen) atoms. The van der Waals surface area contributed by atoms with Crippen LogP contribution in [0.1, 0.15) is 5.56 Å². The maximum absolute atomic E-state index is 5.87. The lowest BCUT2D eigenvalue weighted by Crippen LogP contribution is -1.81. The third kappa shape index (κ3) is 3.32. The van der Waals surface area contributed by atoms with E-state index in [1.54, 1.807) is 0 Å². The van der Waals surface area contributed by atoms with Crippen molar-refractivity contribution >= 4 is 0 Å². The number of benzene rings is 3. The Morgan fingerprint density at radius 3 is 1.52 bits per heavy atom. The summed E-state index contributed by atoms with van der Waals surface area (Å²) in [6, 6.07) is 25.2. The first-order chi connectivity index (χ1) is 14.3. The van der Waals surface area contributed by atoms with Crippen LogP contribution in [0.15, 0.2) is 87.7 Å². The summed E-state index contributed by atoms with van der Waals surface area (Å²) in [7, 11) is 0. The van der Waals surface area contributed by atoms with Gasteiger partial charge in [-0.15, -0.1) is 20.4 Å². The molecule has 2 aromatic heterocycles. The first kappa shape index (κ1) is 17.1. The fourth-order valence-electron chi connectivity index (χ4n) is 3.05. The maximum Gasteiger partial charge on any atom is 0.248 e. The molecule has 0 aliphatic rings. The number of aryl methyl sites for hydroxylation is 1. The highest BCUT2D eigenvalue weighted by molar-refractivity contribution is 5.64. The first-order valence-electron chi connectivity index (χ1n) is 9.17.